The number of carbonyl (C=O) groups is 2. The molecule has 0 spiro atoms. The fraction of sp³-hybridized carbons (Fsp3) is 0.348. The fourth-order valence-electron chi connectivity index (χ4n) is 3.29. The largest absolute Gasteiger partial charge is 0.497 e. The van der Waals surface area contributed by atoms with Crippen molar-refractivity contribution in [2.45, 2.75) is 37.1 Å². The van der Waals surface area contributed by atoms with Crippen LogP contribution in [0.3, 0.4) is 0 Å². The first-order valence-corrected chi connectivity index (χ1v) is 12.2. The topological polar surface area (TPSA) is 126 Å². The number of fused-ring (bicyclic) bond motifs is 1. The number of hydrogen-bond acceptors (Lipinski definition) is 6. The van der Waals surface area contributed by atoms with Crippen LogP contribution in [0.5, 0.6) is 5.75 Å². The van der Waals surface area contributed by atoms with Gasteiger partial charge >= 0.3 is 0 Å². The van der Waals surface area contributed by atoms with Gasteiger partial charge in [-0.15, -0.1) is 0 Å². The summed E-state index contributed by atoms with van der Waals surface area (Å²) >= 11 is 0. The van der Waals surface area contributed by atoms with Crippen LogP contribution in [-0.2, 0) is 26.2 Å². The standard InChI is InChI=1S/C23H28N4O5S/c1-32-18-12-10-17(11-13-18)15-25-22(29)16-26-21(28)9-3-2-6-14-24-23-19-7-4-5-8-20(19)33(30,31)27-23/h4-5,7-8,10-13H,2-3,6,9,14-16H2,1H3,(H,24,27)(H,25,29)(H,26,28). The number of ether oxygens (including phenoxy) is 1. The highest BCUT2D eigenvalue weighted by Gasteiger charge is 2.29. The third-order valence-corrected chi connectivity index (χ3v) is 6.49. The Morgan fingerprint density at radius 2 is 1.73 bits per heavy atom. The van der Waals surface area contributed by atoms with Gasteiger partial charge in [0.1, 0.15) is 11.6 Å². The molecule has 2 amide bonds. The Hall–Kier alpha value is -3.40. The second-order valence-corrected chi connectivity index (χ2v) is 9.20. The van der Waals surface area contributed by atoms with E-state index in [0.717, 1.165) is 24.2 Å². The minimum atomic E-state index is -3.52. The molecule has 3 rings (SSSR count). The molecule has 9 nitrogen and oxygen atoms in total. The Morgan fingerprint density at radius 3 is 2.48 bits per heavy atom. The Balaban J connectivity index is 1.28. The Kier molecular flexibility index (Phi) is 8.42. The Labute approximate surface area is 193 Å². The molecular weight excluding hydrogens is 444 g/mol. The molecule has 0 bridgehead atoms. The summed E-state index contributed by atoms with van der Waals surface area (Å²) in [7, 11) is -1.93. The number of carbonyl (C=O) groups excluding carboxylic acids is 2. The van der Waals surface area contributed by atoms with Crippen molar-refractivity contribution < 1.29 is 22.7 Å². The molecule has 1 aliphatic heterocycles. The summed E-state index contributed by atoms with van der Waals surface area (Å²) < 4.78 is 31.7. The Morgan fingerprint density at radius 1 is 0.970 bits per heavy atom. The molecule has 0 aromatic heterocycles. The minimum absolute atomic E-state index is 0.0673. The van der Waals surface area contributed by atoms with Crippen molar-refractivity contribution in [1.29, 1.82) is 0 Å². The SMILES string of the molecule is COc1ccc(CNC(=O)CNC(=O)CCCCCN=C2NS(=O)(=O)c3ccccc32)cc1. The smallest absolute Gasteiger partial charge is 0.263 e. The van der Waals surface area contributed by atoms with Gasteiger partial charge in [-0.25, -0.2) is 8.42 Å². The van der Waals surface area contributed by atoms with Crippen molar-refractivity contribution in [2.75, 3.05) is 20.2 Å². The van der Waals surface area contributed by atoms with Gasteiger partial charge in [-0.3, -0.25) is 19.3 Å². The molecule has 3 N–H and O–H groups in total. The third-order valence-electron chi connectivity index (χ3n) is 5.09. The maximum Gasteiger partial charge on any atom is 0.263 e. The number of nitrogens with one attached hydrogen (secondary N) is 3. The van der Waals surface area contributed by atoms with Crippen LogP contribution in [0.1, 0.15) is 36.8 Å². The maximum absolute atomic E-state index is 12.1. The molecule has 0 aliphatic carbocycles. The highest BCUT2D eigenvalue weighted by molar-refractivity contribution is 7.90. The van der Waals surface area contributed by atoms with Gasteiger partial charge in [-0.05, 0) is 42.7 Å². The number of unbranched alkanes of at least 4 members (excludes halogenated alkanes) is 2. The summed E-state index contributed by atoms with van der Waals surface area (Å²) in [4.78, 5) is 28.4. The van der Waals surface area contributed by atoms with Gasteiger partial charge < -0.3 is 15.4 Å². The maximum atomic E-state index is 12.1. The van der Waals surface area contributed by atoms with E-state index in [2.05, 4.69) is 20.3 Å². The van der Waals surface area contributed by atoms with Gasteiger partial charge in [0.25, 0.3) is 10.0 Å². The van der Waals surface area contributed by atoms with E-state index < -0.39 is 10.0 Å². The molecule has 1 heterocycles. The lowest BCUT2D eigenvalue weighted by Gasteiger charge is -2.08. The number of benzene rings is 2. The van der Waals surface area contributed by atoms with E-state index >= 15 is 0 Å². The van der Waals surface area contributed by atoms with Crippen LogP contribution in [-0.4, -0.2) is 46.3 Å². The summed E-state index contributed by atoms with van der Waals surface area (Å²) in [5.41, 5.74) is 1.52. The first-order valence-electron chi connectivity index (χ1n) is 10.7. The van der Waals surface area contributed by atoms with Crippen LogP contribution in [0.15, 0.2) is 58.4 Å². The van der Waals surface area contributed by atoms with Crippen LogP contribution in [0.4, 0.5) is 0 Å². The van der Waals surface area contributed by atoms with Crippen molar-refractivity contribution >= 4 is 27.7 Å². The van der Waals surface area contributed by atoms with Gasteiger partial charge in [-0.2, -0.15) is 0 Å². The molecule has 0 saturated carbocycles. The number of aliphatic imine (C=N–C) groups is 1. The normalized spacial score (nSPS) is 14.9. The zero-order valence-electron chi connectivity index (χ0n) is 18.5. The molecule has 33 heavy (non-hydrogen) atoms. The van der Waals surface area contributed by atoms with Crippen LogP contribution >= 0.6 is 0 Å². The van der Waals surface area contributed by atoms with Gasteiger partial charge in [0.15, 0.2) is 0 Å². The minimum Gasteiger partial charge on any atom is -0.497 e. The number of methoxy groups -OCH3 is 1. The number of amidine groups is 1. The quantitative estimate of drug-likeness (QED) is 0.430. The lowest BCUT2D eigenvalue weighted by atomic mass is 10.2. The molecule has 0 radical (unpaired) electrons. The number of hydrogen-bond donors (Lipinski definition) is 3. The van der Waals surface area contributed by atoms with Crippen LogP contribution < -0.4 is 20.1 Å². The molecule has 0 fully saturated rings. The van der Waals surface area contributed by atoms with E-state index in [1.165, 1.54) is 0 Å². The third kappa shape index (κ3) is 7.04. The molecule has 10 heteroatoms. The second-order valence-electron chi connectivity index (χ2n) is 7.54. The molecular formula is C23H28N4O5S. The van der Waals surface area contributed by atoms with E-state index in [1.54, 1.807) is 31.4 Å². The highest BCUT2D eigenvalue weighted by atomic mass is 32.2. The molecule has 2 aromatic rings. The molecule has 1 aliphatic rings. The predicted molar refractivity (Wildman–Crippen MR) is 124 cm³/mol. The average Bonchev–Trinajstić information content (AvgIpc) is 3.09. The van der Waals surface area contributed by atoms with Gasteiger partial charge in [0.2, 0.25) is 11.8 Å². The van der Waals surface area contributed by atoms with Crippen molar-refractivity contribution in [2.24, 2.45) is 4.99 Å². The van der Waals surface area contributed by atoms with Crippen molar-refractivity contribution in [3.8, 4) is 5.75 Å². The van der Waals surface area contributed by atoms with Crippen LogP contribution in [0.2, 0.25) is 0 Å². The number of rotatable bonds is 11. The van der Waals surface area contributed by atoms with Crippen molar-refractivity contribution in [3.05, 3.63) is 59.7 Å². The summed E-state index contributed by atoms with van der Waals surface area (Å²) in [5, 5.41) is 5.37. The summed E-state index contributed by atoms with van der Waals surface area (Å²) in [6.45, 7) is 0.769. The molecule has 176 valence electrons. The van der Waals surface area contributed by atoms with E-state index in [0.29, 0.717) is 37.3 Å². The zero-order valence-corrected chi connectivity index (χ0v) is 19.3. The van der Waals surface area contributed by atoms with Gasteiger partial charge in [-0.1, -0.05) is 30.7 Å². The summed E-state index contributed by atoms with van der Waals surface area (Å²) in [6.07, 6.45) is 2.47. The molecule has 0 saturated heterocycles. The summed E-state index contributed by atoms with van der Waals surface area (Å²) in [5.74, 6) is 0.676. The van der Waals surface area contributed by atoms with Crippen LogP contribution in [0, 0.1) is 0 Å². The average molecular weight is 473 g/mol. The highest BCUT2D eigenvalue weighted by Crippen LogP contribution is 2.22. The predicted octanol–water partition coefficient (Wildman–Crippen LogP) is 1.73. The fourth-order valence-corrected chi connectivity index (χ4v) is 4.54. The van der Waals surface area contributed by atoms with Gasteiger partial charge in [0, 0.05) is 25.1 Å². The van der Waals surface area contributed by atoms with Gasteiger partial charge in [0.05, 0.1) is 18.6 Å². The number of nitrogens with zero attached hydrogens (tertiary/aromatic N) is 1. The van der Waals surface area contributed by atoms with E-state index in [1.807, 2.05) is 24.3 Å². The first kappa shape index (κ1) is 24.2. The Bertz CT molecular complexity index is 1110. The van der Waals surface area contributed by atoms with Crippen molar-refractivity contribution in [1.82, 2.24) is 15.4 Å². The molecule has 0 unspecified atom stereocenters. The number of amides is 2. The monoisotopic (exact) mass is 472 g/mol. The molecule has 0 atom stereocenters. The zero-order chi connectivity index (χ0) is 23.7. The van der Waals surface area contributed by atoms with Crippen LogP contribution in [0.25, 0.3) is 0 Å². The van der Waals surface area contributed by atoms with E-state index in [9.17, 15) is 18.0 Å². The summed E-state index contributed by atoms with van der Waals surface area (Å²) in [6, 6.07) is 14.1. The van der Waals surface area contributed by atoms with Crippen molar-refractivity contribution in [3.63, 3.8) is 0 Å². The lowest BCUT2D eigenvalue weighted by Crippen LogP contribution is -2.36. The van der Waals surface area contributed by atoms with E-state index in [-0.39, 0.29) is 23.3 Å². The van der Waals surface area contributed by atoms with E-state index in [4.69, 9.17) is 4.74 Å². The first-order chi connectivity index (χ1) is 15.9. The number of sulfonamides is 1. The lowest BCUT2D eigenvalue weighted by molar-refractivity contribution is -0.126. The molecule has 2 aromatic carbocycles. The second kappa shape index (κ2) is 11.5.